The molecule has 0 aliphatic rings. The van der Waals surface area contributed by atoms with Gasteiger partial charge in [0.25, 0.3) is 0 Å². The van der Waals surface area contributed by atoms with E-state index in [1.807, 2.05) is 13.8 Å². The molecule has 0 saturated heterocycles. The summed E-state index contributed by atoms with van der Waals surface area (Å²) >= 11 is 0. The molecule has 5 nitrogen and oxygen atoms in total. The van der Waals surface area contributed by atoms with Crippen molar-refractivity contribution < 1.29 is 13.2 Å². The van der Waals surface area contributed by atoms with E-state index in [0.717, 1.165) is 4.68 Å². The number of halogens is 4. The highest BCUT2D eigenvalue weighted by molar-refractivity contribution is 14.0. The molecule has 0 bridgehead atoms. The highest BCUT2D eigenvalue weighted by Crippen LogP contribution is 2.30. The van der Waals surface area contributed by atoms with E-state index in [4.69, 9.17) is 0 Å². The molecule has 0 unspecified atom stereocenters. The lowest BCUT2D eigenvalue weighted by atomic mass is 10.2. The molecule has 0 radical (unpaired) electrons. The molecular weight excluding hydrogens is 398 g/mol. The standard InChI is InChI=1S/C12H20F3N5.HI/c1-8(2)5-17-11(16-3)18-6-9-7-20(4)19-10(9)12(13,14)15;/h7-8H,5-6H2,1-4H3,(H2,16,17,18);1H. The second-order valence-corrected chi connectivity index (χ2v) is 4.87. The van der Waals surface area contributed by atoms with Crippen molar-refractivity contribution in [2.24, 2.45) is 18.0 Å². The van der Waals surface area contributed by atoms with Gasteiger partial charge in [-0.05, 0) is 5.92 Å². The zero-order valence-electron chi connectivity index (χ0n) is 12.5. The summed E-state index contributed by atoms with van der Waals surface area (Å²) in [7, 11) is 3.04. The van der Waals surface area contributed by atoms with Gasteiger partial charge in [0, 0.05) is 38.9 Å². The van der Waals surface area contributed by atoms with Gasteiger partial charge in [0.1, 0.15) is 0 Å². The molecule has 0 atom stereocenters. The maximum atomic E-state index is 12.8. The van der Waals surface area contributed by atoms with Crippen LogP contribution < -0.4 is 10.6 Å². The van der Waals surface area contributed by atoms with Crippen LogP contribution in [0, 0.1) is 5.92 Å². The molecule has 0 fully saturated rings. The first-order valence-corrected chi connectivity index (χ1v) is 6.28. The topological polar surface area (TPSA) is 54.2 Å². The molecule has 0 amide bonds. The predicted molar refractivity (Wildman–Crippen MR) is 86.7 cm³/mol. The van der Waals surface area contributed by atoms with Crippen LogP contribution in [0.4, 0.5) is 13.2 Å². The summed E-state index contributed by atoms with van der Waals surface area (Å²) in [5, 5.41) is 9.34. The van der Waals surface area contributed by atoms with Gasteiger partial charge in [-0.3, -0.25) is 9.67 Å². The molecule has 0 aliphatic heterocycles. The van der Waals surface area contributed by atoms with Crippen LogP contribution in [-0.4, -0.2) is 29.3 Å². The molecule has 1 aromatic heterocycles. The fraction of sp³-hybridized carbons (Fsp3) is 0.667. The van der Waals surface area contributed by atoms with Crippen molar-refractivity contribution >= 4 is 29.9 Å². The lowest BCUT2D eigenvalue weighted by Gasteiger charge is -2.13. The zero-order valence-corrected chi connectivity index (χ0v) is 14.8. The second-order valence-electron chi connectivity index (χ2n) is 4.87. The quantitative estimate of drug-likeness (QED) is 0.448. The molecule has 9 heteroatoms. The fourth-order valence-corrected chi connectivity index (χ4v) is 1.61. The minimum absolute atomic E-state index is 0. The molecule has 21 heavy (non-hydrogen) atoms. The summed E-state index contributed by atoms with van der Waals surface area (Å²) in [5.41, 5.74) is -0.778. The number of rotatable bonds is 4. The summed E-state index contributed by atoms with van der Waals surface area (Å²) in [5.74, 6) is 0.883. The third kappa shape index (κ3) is 6.53. The first-order chi connectivity index (χ1) is 9.24. The predicted octanol–water partition coefficient (Wildman–Crippen LogP) is 2.38. The van der Waals surface area contributed by atoms with E-state index in [0.29, 0.717) is 18.4 Å². The number of aryl methyl sites for hydroxylation is 1. The summed E-state index contributed by atoms with van der Waals surface area (Å²) in [6.45, 7) is 4.77. The molecule has 1 aromatic rings. The van der Waals surface area contributed by atoms with Crippen LogP contribution in [0.1, 0.15) is 25.1 Å². The molecular formula is C12H21F3IN5. The molecule has 0 aromatic carbocycles. The Bertz CT molecular complexity index is 468. The van der Waals surface area contributed by atoms with Gasteiger partial charge in [0.2, 0.25) is 0 Å². The molecule has 122 valence electrons. The van der Waals surface area contributed by atoms with Gasteiger partial charge in [-0.2, -0.15) is 18.3 Å². The van der Waals surface area contributed by atoms with Crippen LogP contribution in [0.5, 0.6) is 0 Å². The third-order valence-electron chi connectivity index (χ3n) is 2.52. The smallest absolute Gasteiger partial charge is 0.356 e. The van der Waals surface area contributed by atoms with Gasteiger partial charge in [-0.15, -0.1) is 24.0 Å². The Morgan fingerprint density at radius 2 is 2.00 bits per heavy atom. The first kappa shape index (κ1) is 20.0. The van der Waals surface area contributed by atoms with Gasteiger partial charge in [0.15, 0.2) is 11.7 Å². The van der Waals surface area contributed by atoms with Crippen molar-refractivity contribution in [3.63, 3.8) is 0 Å². The molecule has 1 rings (SSSR count). The molecule has 1 heterocycles. The molecule has 0 saturated carbocycles. The van der Waals surface area contributed by atoms with Gasteiger partial charge in [0.05, 0.1) is 0 Å². The Morgan fingerprint density at radius 3 is 2.48 bits per heavy atom. The van der Waals surface area contributed by atoms with Crippen LogP contribution in [0.15, 0.2) is 11.2 Å². The van der Waals surface area contributed by atoms with Crippen LogP contribution in [-0.2, 0) is 19.8 Å². The van der Waals surface area contributed by atoms with Crippen molar-refractivity contribution in [3.05, 3.63) is 17.5 Å². The minimum atomic E-state index is -4.45. The van der Waals surface area contributed by atoms with Crippen molar-refractivity contribution in [1.29, 1.82) is 0 Å². The van der Waals surface area contributed by atoms with Gasteiger partial charge in [-0.25, -0.2) is 0 Å². The highest BCUT2D eigenvalue weighted by atomic mass is 127. The van der Waals surface area contributed by atoms with Crippen LogP contribution in [0.3, 0.4) is 0 Å². The van der Waals surface area contributed by atoms with Crippen molar-refractivity contribution in [2.45, 2.75) is 26.6 Å². The number of alkyl halides is 3. The number of nitrogens with one attached hydrogen (secondary N) is 2. The van der Waals surface area contributed by atoms with E-state index < -0.39 is 11.9 Å². The molecule has 0 spiro atoms. The van der Waals surface area contributed by atoms with Crippen LogP contribution >= 0.6 is 24.0 Å². The zero-order chi connectivity index (χ0) is 15.3. The number of aliphatic imine (C=N–C) groups is 1. The minimum Gasteiger partial charge on any atom is -0.356 e. The number of hydrogen-bond donors (Lipinski definition) is 2. The van der Waals surface area contributed by atoms with Gasteiger partial charge >= 0.3 is 6.18 Å². The van der Waals surface area contributed by atoms with Gasteiger partial charge in [-0.1, -0.05) is 13.8 Å². The monoisotopic (exact) mass is 419 g/mol. The number of aromatic nitrogens is 2. The average Bonchev–Trinajstić information content (AvgIpc) is 2.70. The normalized spacial score (nSPS) is 12.3. The third-order valence-corrected chi connectivity index (χ3v) is 2.52. The van der Waals surface area contributed by atoms with Gasteiger partial charge < -0.3 is 10.6 Å². The van der Waals surface area contributed by atoms with Crippen molar-refractivity contribution in [1.82, 2.24) is 20.4 Å². The van der Waals surface area contributed by atoms with Crippen molar-refractivity contribution in [3.8, 4) is 0 Å². The number of nitrogens with zero attached hydrogens (tertiary/aromatic N) is 3. The maximum absolute atomic E-state index is 12.8. The second kappa shape index (κ2) is 8.44. The lowest BCUT2D eigenvalue weighted by molar-refractivity contribution is -0.142. The lowest BCUT2D eigenvalue weighted by Crippen LogP contribution is -2.38. The molecule has 0 aliphatic carbocycles. The Labute approximate surface area is 139 Å². The Hall–Kier alpha value is -1.00. The Kier molecular flexibility index (Phi) is 8.04. The Balaban J connectivity index is 0.00000400. The number of guanidine groups is 1. The summed E-state index contributed by atoms with van der Waals surface area (Å²) in [6, 6.07) is 0. The van der Waals surface area contributed by atoms with E-state index in [2.05, 4.69) is 20.7 Å². The van der Waals surface area contributed by atoms with Crippen LogP contribution in [0.25, 0.3) is 0 Å². The summed E-state index contributed by atoms with van der Waals surface area (Å²) in [6.07, 6.45) is -3.10. The highest BCUT2D eigenvalue weighted by Gasteiger charge is 2.36. The van der Waals surface area contributed by atoms with E-state index in [1.54, 1.807) is 7.05 Å². The largest absolute Gasteiger partial charge is 0.435 e. The Morgan fingerprint density at radius 1 is 1.38 bits per heavy atom. The van der Waals surface area contributed by atoms with E-state index in [1.165, 1.54) is 13.2 Å². The molecule has 2 N–H and O–H groups in total. The average molecular weight is 419 g/mol. The number of hydrogen-bond acceptors (Lipinski definition) is 2. The SMILES string of the molecule is CN=C(NCc1cn(C)nc1C(F)(F)F)NCC(C)C.I. The maximum Gasteiger partial charge on any atom is 0.435 e. The first-order valence-electron chi connectivity index (χ1n) is 6.28. The summed E-state index contributed by atoms with van der Waals surface area (Å²) < 4.78 is 39.5. The van der Waals surface area contributed by atoms with Crippen molar-refractivity contribution in [2.75, 3.05) is 13.6 Å². The van der Waals surface area contributed by atoms with E-state index in [9.17, 15) is 13.2 Å². The van der Waals surface area contributed by atoms with Crippen LogP contribution in [0.2, 0.25) is 0 Å². The van der Waals surface area contributed by atoms with E-state index in [-0.39, 0.29) is 36.1 Å². The summed E-state index contributed by atoms with van der Waals surface area (Å²) in [4.78, 5) is 3.96. The van der Waals surface area contributed by atoms with E-state index >= 15 is 0 Å². The fourth-order valence-electron chi connectivity index (χ4n) is 1.61.